The monoisotopic (exact) mass is 701 g/mol. The molecule has 0 spiro atoms. The van der Waals surface area contributed by atoms with E-state index in [2.05, 4.69) is 98.5 Å². The van der Waals surface area contributed by atoms with Crippen LogP contribution in [0.5, 0.6) is 0 Å². The summed E-state index contributed by atoms with van der Waals surface area (Å²) in [4.78, 5) is 11.7. The summed E-state index contributed by atoms with van der Waals surface area (Å²) in [5.41, 5.74) is 2.68. The SMILES string of the molecule is CC1(C)O[C@H]2[C@@H](O1)C(O)(c1cnc(N(Cc3ccccc3)Cc3ccccc3)nc1)O[C@@H]2CO[Si](c1ccccc1)(c1ccccc1)C(C)(C)C. The van der Waals surface area contributed by atoms with Crippen LogP contribution in [0.1, 0.15) is 51.3 Å². The van der Waals surface area contributed by atoms with Crippen LogP contribution >= 0.6 is 0 Å². The molecule has 2 aliphatic rings. The number of anilines is 1. The lowest BCUT2D eigenvalue weighted by atomic mass is 10.0. The Morgan fingerprint density at radius 3 is 1.65 bits per heavy atom. The first kappa shape index (κ1) is 35.2. The molecular weight excluding hydrogens is 655 g/mol. The highest BCUT2D eigenvalue weighted by Gasteiger charge is 2.64. The topological polar surface area (TPSA) is 86.2 Å². The van der Waals surface area contributed by atoms with E-state index in [1.165, 1.54) is 0 Å². The molecule has 9 heteroatoms. The highest BCUT2D eigenvalue weighted by atomic mass is 28.4. The fraction of sp³-hybridized carbons (Fsp3) is 0.333. The summed E-state index contributed by atoms with van der Waals surface area (Å²) in [6.45, 7) is 11.9. The fourth-order valence-electron chi connectivity index (χ4n) is 7.53. The Bertz CT molecular complexity index is 1790. The van der Waals surface area contributed by atoms with Gasteiger partial charge in [-0.1, -0.05) is 142 Å². The molecule has 0 radical (unpaired) electrons. The van der Waals surface area contributed by atoms with E-state index >= 15 is 0 Å². The fourth-order valence-corrected chi connectivity index (χ4v) is 12.1. The lowest BCUT2D eigenvalue weighted by Gasteiger charge is -2.43. The van der Waals surface area contributed by atoms with Crippen molar-refractivity contribution in [1.29, 1.82) is 0 Å². The molecule has 4 aromatic carbocycles. The number of aromatic nitrogens is 2. The molecule has 51 heavy (non-hydrogen) atoms. The van der Waals surface area contributed by atoms with Gasteiger partial charge in [0.15, 0.2) is 5.79 Å². The zero-order valence-corrected chi connectivity index (χ0v) is 31.0. The number of aliphatic hydroxyl groups is 1. The minimum atomic E-state index is -2.90. The Morgan fingerprint density at radius 1 is 0.706 bits per heavy atom. The minimum absolute atomic E-state index is 0.192. The van der Waals surface area contributed by atoms with Crippen molar-refractivity contribution in [3.05, 3.63) is 150 Å². The summed E-state index contributed by atoms with van der Waals surface area (Å²) >= 11 is 0. The molecule has 264 valence electrons. The number of hydrogen-bond acceptors (Lipinski definition) is 8. The van der Waals surface area contributed by atoms with Crippen molar-refractivity contribution >= 4 is 24.6 Å². The first-order chi connectivity index (χ1) is 24.5. The maximum Gasteiger partial charge on any atom is 0.261 e. The van der Waals surface area contributed by atoms with Gasteiger partial charge in [-0.3, -0.25) is 0 Å². The maximum atomic E-state index is 12.4. The predicted octanol–water partition coefficient (Wildman–Crippen LogP) is 6.32. The van der Waals surface area contributed by atoms with Gasteiger partial charge in [0.05, 0.1) is 12.2 Å². The minimum Gasteiger partial charge on any atom is -0.405 e. The normalized spacial score (nSPS) is 22.8. The molecule has 1 aromatic heterocycles. The quantitative estimate of drug-likeness (QED) is 0.160. The third-order valence-corrected chi connectivity index (χ3v) is 14.9. The summed E-state index contributed by atoms with van der Waals surface area (Å²) in [6.07, 6.45) is 1.25. The molecule has 0 saturated carbocycles. The largest absolute Gasteiger partial charge is 0.405 e. The molecule has 1 N–H and O–H groups in total. The number of ether oxygens (including phenoxy) is 3. The summed E-state index contributed by atoms with van der Waals surface area (Å²) in [6, 6.07) is 41.5. The van der Waals surface area contributed by atoms with Crippen LogP contribution < -0.4 is 15.3 Å². The Morgan fingerprint density at radius 2 is 1.18 bits per heavy atom. The van der Waals surface area contributed by atoms with E-state index in [0.29, 0.717) is 24.6 Å². The molecule has 2 fully saturated rings. The zero-order valence-electron chi connectivity index (χ0n) is 30.0. The molecule has 0 aliphatic carbocycles. The van der Waals surface area contributed by atoms with E-state index < -0.39 is 38.2 Å². The van der Waals surface area contributed by atoms with Gasteiger partial charge in [-0.25, -0.2) is 9.97 Å². The molecule has 3 heterocycles. The summed E-state index contributed by atoms with van der Waals surface area (Å²) in [7, 11) is -2.90. The highest BCUT2D eigenvalue weighted by molar-refractivity contribution is 6.99. The van der Waals surface area contributed by atoms with Crippen LogP contribution in [0.15, 0.2) is 134 Å². The molecule has 5 aromatic rings. The van der Waals surface area contributed by atoms with E-state index in [1.54, 1.807) is 12.4 Å². The van der Waals surface area contributed by atoms with Gasteiger partial charge in [-0.05, 0) is 40.4 Å². The molecule has 4 atom stereocenters. The smallest absolute Gasteiger partial charge is 0.261 e. The maximum absolute atomic E-state index is 12.4. The lowest BCUT2D eigenvalue weighted by molar-refractivity contribution is -0.283. The van der Waals surface area contributed by atoms with Crippen LogP contribution in [0.2, 0.25) is 5.04 Å². The Kier molecular flexibility index (Phi) is 9.71. The Labute approximate surface area is 302 Å². The zero-order chi connectivity index (χ0) is 35.7. The average Bonchev–Trinajstić information content (AvgIpc) is 3.60. The van der Waals surface area contributed by atoms with E-state index in [-0.39, 0.29) is 11.6 Å². The summed E-state index contributed by atoms with van der Waals surface area (Å²) in [5.74, 6) is -2.26. The van der Waals surface area contributed by atoms with Crippen LogP contribution in [-0.4, -0.2) is 54.1 Å². The molecule has 7 rings (SSSR count). The summed E-state index contributed by atoms with van der Waals surface area (Å²) < 4.78 is 26.6. The average molecular weight is 702 g/mol. The molecule has 2 aliphatic heterocycles. The second-order valence-electron chi connectivity index (χ2n) is 14.9. The van der Waals surface area contributed by atoms with Crippen molar-refractivity contribution in [3.8, 4) is 0 Å². The van der Waals surface area contributed by atoms with Crippen molar-refractivity contribution in [2.75, 3.05) is 11.5 Å². The standard InChI is InChI=1S/C42H47N3O5Si/c1-40(2,3)51(34-22-14-8-15-23-34,35-24-16-9-17-25-35)47-30-36-37-38(50-41(4,5)49-37)42(46,48-36)33-26-43-39(44-27-33)45(28-31-18-10-6-11-19-31)29-32-20-12-7-13-21-32/h6-27,36-38,46H,28-30H2,1-5H3/t36-,37-,38-,42?/m1/s1. The molecule has 2 saturated heterocycles. The van der Waals surface area contributed by atoms with Crippen molar-refractivity contribution in [1.82, 2.24) is 9.97 Å². The Balaban J connectivity index is 1.19. The second-order valence-corrected chi connectivity index (χ2v) is 19.3. The number of nitrogens with zero attached hydrogens (tertiary/aromatic N) is 3. The van der Waals surface area contributed by atoms with Gasteiger partial charge in [0.2, 0.25) is 11.7 Å². The van der Waals surface area contributed by atoms with Gasteiger partial charge in [0.1, 0.15) is 18.3 Å². The number of fused-ring (bicyclic) bond motifs is 1. The molecule has 1 unspecified atom stereocenters. The molecule has 8 nitrogen and oxygen atoms in total. The van der Waals surface area contributed by atoms with Crippen LogP contribution in [-0.2, 0) is 37.5 Å². The van der Waals surface area contributed by atoms with Crippen LogP contribution in [0.4, 0.5) is 5.95 Å². The Hall–Kier alpha value is -4.22. The van der Waals surface area contributed by atoms with Gasteiger partial charge in [0, 0.05) is 25.5 Å². The van der Waals surface area contributed by atoms with Gasteiger partial charge in [0.25, 0.3) is 8.32 Å². The van der Waals surface area contributed by atoms with Crippen molar-refractivity contribution in [2.24, 2.45) is 0 Å². The molecular formula is C42H47N3O5Si. The first-order valence-corrected chi connectivity index (χ1v) is 19.6. The van der Waals surface area contributed by atoms with E-state index in [1.807, 2.05) is 62.4 Å². The first-order valence-electron chi connectivity index (χ1n) is 17.6. The highest BCUT2D eigenvalue weighted by Crippen LogP contribution is 2.48. The lowest BCUT2D eigenvalue weighted by Crippen LogP contribution is -2.67. The van der Waals surface area contributed by atoms with Gasteiger partial charge < -0.3 is 28.6 Å². The van der Waals surface area contributed by atoms with Crippen LogP contribution in [0.25, 0.3) is 0 Å². The van der Waals surface area contributed by atoms with Gasteiger partial charge in [-0.2, -0.15) is 0 Å². The van der Waals surface area contributed by atoms with Crippen molar-refractivity contribution in [2.45, 2.75) is 82.6 Å². The van der Waals surface area contributed by atoms with Crippen molar-refractivity contribution < 1.29 is 23.7 Å². The predicted molar refractivity (Wildman–Crippen MR) is 201 cm³/mol. The van der Waals surface area contributed by atoms with Crippen LogP contribution in [0.3, 0.4) is 0 Å². The number of benzene rings is 4. The van der Waals surface area contributed by atoms with Crippen LogP contribution in [0, 0.1) is 0 Å². The summed E-state index contributed by atoms with van der Waals surface area (Å²) in [5, 5.41) is 14.5. The third-order valence-electron chi connectivity index (χ3n) is 9.86. The van der Waals surface area contributed by atoms with Gasteiger partial charge >= 0.3 is 0 Å². The molecule has 0 amide bonds. The second kappa shape index (κ2) is 14.1. The third kappa shape index (κ3) is 7.02. The van der Waals surface area contributed by atoms with Gasteiger partial charge in [-0.15, -0.1) is 0 Å². The number of rotatable bonds is 11. The van der Waals surface area contributed by atoms with E-state index in [9.17, 15) is 5.11 Å². The number of hydrogen-bond donors (Lipinski definition) is 1. The van der Waals surface area contributed by atoms with E-state index in [0.717, 1.165) is 21.5 Å². The van der Waals surface area contributed by atoms with E-state index in [4.69, 9.17) is 28.6 Å². The molecule has 0 bridgehead atoms. The van der Waals surface area contributed by atoms with Crippen molar-refractivity contribution in [3.63, 3.8) is 0 Å².